The predicted molar refractivity (Wildman–Crippen MR) is 49.2 cm³/mol. The van der Waals surface area contributed by atoms with Crippen molar-refractivity contribution in [1.82, 2.24) is 0 Å². The number of benzene rings is 1. The lowest BCUT2D eigenvalue weighted by molar-refractivity contribution is 0.0697. The number of Topliss-reactive ketones (excluding diaryl/α,β-unsaturated/α-hetero) is 1. The van der Waals surface area contributed by atoms with Gasteiger partial charge in [-0.2, -0.15) is 0 Å². The van der Waals surface area contributed by atoms with Crippen LogP contribution in [0.15, 0.2) is 24.4 Å². The van der Waals surface area contributed by atoms with Gasteiger partial charge in [-0.25, -0.2) is 9.59 Å². The average molecular weight is 188 g/mol. The Kier molecular flexibility index (Phi) is 1.77. The van der Waals surface area contributed by atoms with Crippen LogP contribution in [0.25, 0.3) is 0 Å². The van der Waals surface area contributed by atoms with Crippen molar-refractivity contribution in [3.63, 3.8) is 0 Å². The number of aromatic carboxylic acids is 1. The molecule has 0 amide bonds. The second-order valence-electron chi connectivity index (χ2n) is 2.83. The molecule has 0 saturated carbocycles. The highest BCUT2D eigenvalue weighted by Crippen LogP contribution is 2.21. The van der Waals surface area contributed by atoms with E-state index in [4.69, 9.17) is 5.11 Å². The van der Waals surface area contributed by atoms with Crippen LogP contribution in [0.4, 0.5) is 5.69 Å². The number of fused-ring (bicyclic) bond motifs is 1. The fourth-order valence-electron chi connectivity index (χ4n) is 1.25. The summed E-state index contributed by atoms with van der Waals surface area (Å²) < 4.78 is 0. The van der Waals surface area contributed by atoms with Crippen molar-refractivity contribution in [1.29, 1.82) is 0 Å². The standard InChI is InChI=1S/C10H5NO3/c12-9-3-4-11-8-2-1-6(10(13)14)5-7(8)9/h1-2,4-5H,(H-,11,12,13,14)/p+1. The number of anilines is 1. The van der Waals surface area contributed by atoms with Crippen LogP contribution in [0.2, 0.25) is 0 Å². The molecule has 0 atom stereocenters. The number of carbonyl (C=O) groups excluding carboxylic acids is 1. The maximum absolute atomic E-state index is 11.3. The minimum Gasteiger partial charge on any atom is -0.478 e. The largest absolute Gasteiger partial charge is 0.478 e. The van der Waals surface area contributed by atoms with E-state index < -0.39 is 5.97 Å². The van der Waals surface area contributed by atoms with E-state index in [0.29, 0.717) is 11.3 Å². The predicted octanol–water partition coefficient (Wildman–Crippen LogP) is 1.31. The van der Waals surface area contributed by atoms with Gasteiger partial charge in [0.25, 0.3) is 0 Å². The molecule has 0 fully saturated rings. The first-order valence-electron chi connectivity index (χ1n) is 3.95. The molecule has 0 bridgehead atoms. The first-order valence-corrected chi connectivity index (χ1v) is 3.95. The van der Waals surface area contributed by atoms with Gasteiger partial charge in [-0.15, -0.1) is 0 Å². The molecule has 1 aromatic carbocycles. The van der Waals surface area contributed by atoms with Gasteiger partial charge in [0.1, 0.15) is 5.69 Å². The Morgan fingerprint density at radius 1 is 1.43 bits per heavy atom. The minimum absolute atomic E-state index is 0.0996. The zero-order valence-corrected chi connectivity index (χ0v) is 7.07. The number of nitrogens with one attached hydrogen (secondary N) is 1. The van der Waals surface area contributed by atoms with Crippen LogP contribution >= 0.6 is 0 Å². The topological polar surface area (TPSA) is 66.4 Å². The van der Waals surface area contributed by atoms with E-state index in [1.54, 1.807) is 6.07 Å². The quantitative estimate of drug-likeness (QED) is 0.652. The van der Waals surface area contributed by atoms with Crippen molar-refractivity contribution in [2.45, 2.75) is 0 Å². The Balaban J connectivity index is 2.54. The molecule has 1 aliphatic rings. The summed E-state index contributed by atoms with van der Waals surface area (Å²) in [7, 11) is 0. The lowest BCUT2D eigenvalue weighted by Gasteiger charge is -2.02. The van der Waals surface area contributed by atoms with E-state index in [0.717, 1.165) is 0 Å². The summed E-state index contributed by atoms with van der Waals surface area (Å²) in [5.74, 6) is -1.35. The van der Waals surface area contributed by atoms with E-state index in [1.807, 2.05) is 0 Å². The van der Waals surface area contributed by atoms with Crippen molar-refractivity contribution in [2.24, 2.45) is 0 Å². The summed E-state index contributed by atoms with van der Waals surface area (Å²) in [4.78, 5) is 21.9. The van der Waals surface area contributed by atoms with Gasteiger partial charge in [-0.05, 0) is 12.1 Å². The number of carbonyl (C=O) groups is 2. The third-order valence-corrected chi connectivity index (χ3v) is 1.94. The molecule has 0 spiro atoms. The number of hydrogen-bond donors (Lipinski definition) is 2. The zero-order valence-electron chi connectivity index (χ0n) is 7.07. The first kappa shape index (κ1) is 8.41. The van der Waals surface area contributed by atoms with Crippen molar-refractivity contribution < 1.29 is 14.7 Å². The molecule has 14 heavy (non-hydrogen) atoms. The third-order valence-electron chi connectivity index (χ3n) is 1.94. The third kappa shape index (κ3) is 1.24. The van der Waals surface area contributed by atoms with Crippen LogP contribution in [-0.2, 0) is 0 Å². The number of carboxylic acids is 1. The van der Waals surface area contributed by atoms with Gasteiger partial charge in [-0.3, -0.25) is 0 Å². The molecule has 68 valence electrons. The summed E-state index contributed by atoms with van der Waals surface area (Å²) in [5.41, 5.74) is 1.05. The van der Waals surface area contributed by atoms with Crippen LogP contribution in [0, 0.1) is 6.08 Å². The van der Waals surface area contributed by atoms with Gasteiger partial charge >= 0.3 is 11.8 Å². The fourth-order valence-corrected chi connectivity index (χ4v) is 1.25. The Bertz CT molecular complexity index is 449. The molecule has 1 aliphatic heterocycles. The van der Waals surface area contributed by atoms with Gasteiger partial charge in [0.15, 0.2) is 17.8 Å². The number of ketones is 1. The van der Waals surface area contributed by atoms with Crippen LogP contribution in [0.3, 0.4) is 0 Å². The molecule has 0 unspecified atom stereocenters. The van der Waals surface area contributed by atoms with Crippen LogP contribution < -0.4 is 5.32 Å². The van der Waals surface area contributed by atoms with Crippen LogP contribution in [0.1, 0.15) is 20.7 Å². The Morgan fingerprint density at radius 2 is 2.21 bits per heavy atom. The van der Waals surface area contributed by atoms with Gasteiger partial charge in [0.05, 0.1) is 11.6 Å². The lowest BCUT2D eigenvalue weighted by atomic mass is 10.0. The number of carboxylic acid groups (broad SMARTS) is 1. The summed E-state index contributed by atoms with van der Waals surface area (Å²) in [6, 6.07) is 4.35. The monoisotopic (exact) mass is 188 g/mol. The van der Waals surface area contributed by atoms with Gasteiger partial charge in [0, 0.05) is 0 Å². The molecular weight excluding hydrogens is 182 g/mol. The molecule has 4 nitrogen and oxygen atoms in total. The molecule has 0 aliphatic carbocycles. The summed E-state index contributed by atoms with van der Waals surface area (Å²) in [5, 5.41) is 11.5. The van der Waals surface area contributed by atoms with Crippen molar-refractivity contribution in [3.8, 4) is 0 Å². The molecule has 1 heterocycles. The maximum atomic E-state index is 11.3. The molecule has 0 radical (unpaired) electrons. The van der Waals surface area contributed by atoms with Gasteiger partial charge in [0.2, 0.25) is 0 Å². The van der Waals surface area contributed by atoms with E-state index >= 15 is 0 Å². The summed E-state index contributed by atoms with van der Waals surface area (Å²) in [6.45, 7) is 0. The SMILES string of the molecule is O=C(O)c1ccc2c(c1)C(=O)[C+]=CN2. The number of rotatable bonds is 1. The highest BCUT2D eigenvalue weighted by molar-refractivity contribution is 6.09. The first-order chi connectivity index (χ1) is 6.68. The van der Waals surface area contributed by atoms with Crippen molar-refractivity contribution >= 4 is 17.4 Å². The molecular formula is C10H6NO3+. The van der Waals surface area contributed by atoms with Crippen molar-refractivity contribution in [2.75, 3.05) is 5.32 Å². The van der Waals surface area contributed by atoms with Gasteiger partial charge < -0.3 is 10.4 Å². The molecule has 2 rings (SSSR count). The number of allylic oxidation sites excluding steroid dienone is 1. The molecule has 0 saturated heterocycles. The Morgan fingerprint density at radius 3 is 2.93 bits per heavy atom. The minimum atomic E-state index is -1.05. The van der Waals surface area contributed by atoms with Gasteiger partial charge in [-0.1, -0.05) is 0 Å². The van der Waals surface area contributed by atoms with E-state index in [9.17, 15) is 9.59 Å². The second kappa shape index (κ2) is 2.94. The maximum Gasteiger partial charge on any atom is 0.405 e. The molecule has 1 aromatic rings. The van der Waals surface area contributed by atoms with Crippen LogP contribution in [0.5, 0.6) is 0 Å². The fraction of sp³-hybridized carbons (Fsp3) is 0. The van der Waals surface area contributed by atoms with Crippen molar-refractivity contribution in [3.05, 3.63) is 41.6 Å². The Hall–Kier alpha value is -2.19. The number of hydrogen-bond acceptors (Lipinski definition) is 3. The van der Waals surface area contributed by atoms with E-state index in [2.05, 4.69) is 11.4 Å². The summed E-state index contributed by atoms with van der Waals surface area (Å²) >= 11 is 0. The normalized spacial score (nSPS) is 12.7. The highest BCUT2D eigenvalue weighted by Gasteiger charge is 2.26. The summed E-state index contributed by atoms with van der Waals surface area (Å²) in [6.07, 6.45) is 3.84. The van der Waals surface area contributed by atoms with E-state index in [-0.39, 0.29) is 11.3 Å². The highest BCUT2D eigenvalue weighted by atomic mass is 16.4. The van der Waals surface area contributed by atoms with E-state index in [1.165, 1.54) is 18.3 Å². The average Bonchev–Trinajstić information content (AvgIpc) is 2.18. The smallest absolute Gasteiger partial charge is 0.405 e. The molecule has 2 N–H and O–H groups in total. The molecule has 0 aromatic heterocycles. The van der Waals surface area contributed by atoms with Crippen LogP contribution in [-0.4, -0.2) is 16.9 Å². The molecule has 4 heteroatoms. The Labute approximate surface area is 79.9 Å². The lowest BCUT2D eigenvalue weighted by Crippen LogP contribution is -2.09. The zero-order chi connectivity index (χ0) is 10.1. The second-order valence-corrected chi connectivity index (χ2v) is 2.83.